The molecule has 0 fully saturated rings. The molecule has 0 saturated carbocycles. The lowest BCUT2D eigenvalue weighted by Gasteiger charge is -2.06. The average molecular weight is 284 g/mol. The molecule has 2 rings (SSSR count). The summed E-state index contributed by atoms with van der Waals surface area (Å²) in [5.74, 6) is 1.27. The van der Waals surface area contributed by atoms with Gasteiger partial charge in [-0.2, -0.15) is 0 Å². The van der Waals surface area contributed by atoms with E-state index in [4.69, 9.17) is 9.47 Å². The first-order valence-corrected chi connectivity index (χ1v) is 7.22. The normalized spacial score (nSPS) is 10.2. The van der Waals surface area contributed by atoms with Crippen LogP contribution in [0, 0.1) is 0 Å². The van der Waals surface area contributed by atoms with Crippen LogP contribution in [-0.2, 0) is 11.2 Å². The Morgan fingerprint density at radius 1 is 0.857 bits per heavy atom. The second kappa shape index (κ2) is 7.48. The van der Waals surface area contributed by atoms with Crippen molar-refractivity contribution in [3.05, 3.63) is 59.7 Å². The third kappa shape index (κ3) is 4.63. The Morgan fingerprint density at radius 2 is 1.38 bits per heavy atom. The van der Waals surface area contributed by atoms with Gasteiger partial charge >= 0.3 is 5.97 Å². The van der Waals surface area contributed by atoms with Crippen molar-refractivity contribution >= 4 is 5.97 Å². The highest BCUT2D eigenvalue weighted by molar-refractivity contribution is 5.71. The van der Waals surface area contributed by atoms with Crippen LogP contribution in [0.3, 0.4) is 0 Å². The van der Waals surface area contributed by atoms with Crippen molar-refractivity contribution in [1.29, 1.82) is 0 Å². The van der Waals surface area contributed by atoms with E-state index in [0.29, 0.717) is 18.8 Å². The molecule has 0 radical (unpaired) electrons. The Bertz CT molecular complexity index is 570. The van der Waals surface area contributed by atoms with Crippen molar-refractivity contribution in [2.24, 2.45) is 0 Å². The van der Waals surface area contributed by atoms with Crippen molar-refractivity contribution in [3.8, 4) is 11.5 Å². The Labute approximate surface area is 125 Å². The van der Waals surface area contributed by atoms with Gasteiger partial charge in [-0.15, -0.1) is 0 Å². The van der Waals surface area contributed by atoms with Gasteiger partial charge < -0.3 is 9.47 Å². The molecule has 0 aromatic heterocycles. The monoisotopic (exact) mass is 284 g/mol. The van der Waals surface area contributed by atoms with Gasteiger partial charge in [0.15, 0.2) is 0 Å². The largest absolute Gasteiger partial charge is 0.494 e. The fourth-order valence-electron chi connectivity index (χ4n) is 1.98. The van der Waals surface area contributed by atoms with E-state index in [2.05, 4.69) is 12.1 Å². The molecule has 0 atom stereocenters. The number of hydrogen-bond donors (Lipinski definition) is 0. The van der Waals surface area contributed by atoms with Gasteiger partial charge in [-0.25, -0.2) is 0 Å². The summed E-state index contributed by atoms with van der Waals surface area (Å²) in [5, 5.41) is 0. The molecule has 0 N–H and O–H groups in total. The molecule has 3 nitrogen and oxygen atoms in total. The van der Waals surface area contributed by atoms with E-state index in [1.807, 2.05) is 43.3 Å². The SMILES string of the molecule is CCOc1ccc(Cc2ccc(OC(=O)CC)cc2)cc1. The van der Waals surface area contributed by atoms with E-state index in [-0.39, 0.29) is 5.97 Å². The summed E-state index contributed by atoms with van der Waals surface area (Å²) in [6.45, 7) is 4.43. The van der Waals surface area contributed by atoms with Crippen molar-refractivity contribution < 1.29 is 14.3 Å². The Kier molecular flexibility index (Phi) is 5.38. The highest BCUT2D eigenvalue weighted by Crippen LogP contribution is 2.18. The smallest absolute Gasteiger partial charge is 0.310 e. The minimum Gasteiger partial charge on any atom is -0.494 e. The maximum Gasteiger partial charge on any atom is 0.310 e. The topological polar surface area (TPSA) is 35.5 Å². The zero-order valence-corrected chi connectivity index (χ0v) is 12.5. The number of hydrogen-bond acceptors (Lipinski definition) is 3. The third-order valence-electron chi connectivity index (χ3n) is 3.09. The molecule has 0 saturated heterocycles. The predicted molar refractivity (Wildman–Crippen MR) is 82.8 cm³/mol. The number of carbonyl (C=O) groups excluding carboxylic acids is 1. The van der Waals surface area contributed by atoms with Gasteiger partial charge in [0.05, 0.1) is 6.61 Å². The van der Waals surface area contributed by atoms with Gasteiger partial charge in [-0.05, 0) is 48.7 Å². The standard InChI is InChI=1S/C18H20O3/c1-3-18(19)21-17-11-7-15(8-12-17)13-14-5-9-16(10-6-14)20-4-2/h5-12H,3-4,13H2,1-2H3. The van der Waals surface area contributed by atoms with Gasteiger partial charge in [0.2, 0.25) is 0 Å². The second-order valence-corrected chi connectivity index (χ2v) is 4.73. The summed E-state index contributed by atoms with van der Waals surface area (Å²) in [6.07, 6.45) is 1.22. The summed E-state index contributed by atoms with van der Waals surface area (Å²) >= 11 is 0. The van der Waals surface area contributed by atoms with Crippen LogP contribution < -0.4 is 9.47 Å². The summed E-state index contributed by atoms with van der Waals surface area (Å²) in [5.41, 5.74) is 2.40. The molecule has 2 aromatic rings. The van der Waals surface area contributed by atoms with Crippen molar-refractivity contribution in [2.75, 3.05) is 6.61 Å². The van der Waals surface area contributed by atoms with Crippen LogP contribution in [0.25, 0.3) is 0 Å². The molecule has 0 unspecified atom stereocenters. The first-order chi connectivity index (χ1) is 10.2. The summed E-state index contributed by atoms with van der Waals surface area (Å²) < 4.78 is 10.6. The molecular weight excluding hydrogens is 264 g/mol. The van der Waals surface area contributed by atoms with E-state index < -0.39 is 0 Å². The van der Waals surface area contributed by atoms with Gasteiger partial charge in [-0.3, -0.25) is 4.79 Å². The maximum absolute atomic E-state index is 11.2. The van der Waals surface area contributed by atoms with Gasteiger partial charge in [-0.1, -0.05) is 31.2 Å². The van der Waals surface area contributed by atoms with Crippen molar-refractivity contribution in [2.45, 2.75) is 26.7 Å². The van der Waals surface area contributed by atoms with E-state index in [9.17, 15) is 4.79 Å². The summed E-state index contributed by atoms with van der Waals surface area (Å²) in [4.78, 5) is 11.2. The summed E-state index contributed by atoms with van der Waals surface area (Å²) in [7, 11) is 0. The van der Waals surface area contributed by atoms with Crippen LogP contribution in [0.4, 0.5) is 0 Å². The number of esters is 1. The molecule has 0 aliphatic carbocycles. The quantitative estimate of drug-likeness (QED) is 0.594. The minimum absolute atomic E-state index is 0.214. The van der Waals surface area contributed by atoms with Crippen LogP contribution >= 0.6 is 0 Å². The molecule has 0 aliphatic rings. The molecule has 2 aromatic carbocycles. The Balaban J connectivity index is 1.97. The second-order valence-electron chi connectivity index (χ2n) is 4.73. The van der Waals surface area contributed by atoms with Crippen LogP contribution in [0.1, 0.15) is 31.4 Å². The lowest BCUT2D eigenvalue weighted by molar-refractivity contribution is -0.134. The molecule has 0 aliphatic heterocycles. The fraction of sp³-hybridized carbons (Fsp3) is 0.278. The number of rotatable bonds is 6. The molecule has 0 amide bonds. The molecule has 3 heteroatoms. The van der Waals surface area contributed by atoms with E-state index in [1.165, 1.54) is 11.1 Å². The molecule has 0 spiro atoms. The van der Waals surface area contributed by atoms with Crippen molar-refractivity contribution in [3.63, 3.8) is 0 Å². The fourth-order valence-corrected chi connectivity index (χ4v) is 1.98. The van der Waals surface area contributed by atoms with Gasteiger partial charge in [0.25, 0.3) is 0 Å². The Morgan fingerprint density at radius 3 is 1.86 bits per heavy atom. The van der Waals surface area contributed by atoms with Crippen LogP contribution in [0.15, 0.2) is 48.5 Å². The third-order valence-corrected chi connectivity index (χ3v) is 3.09. The first-order valence-electron chi connectivity index (χ1n) is 7.22. The molecule has 21 heavy (non-hydrogen) atoms. The molecular formula is C18H20O3. The van der Waals surface area contributed by atoms with E-state index in [1.54, 1.807) is 6.92 Å². The van der Waals surface area contributed by atoms with Crippen LogP contribution in [0.5, 0.6) is 11.5 Å². The van der Waals surface area contributed by atoms with Crippen LogP contribution in [0.2, 0.25) is 0 Å². The van der Waals surface area contributed by atoms with Gasteiger partial charge in [0.1, 0.15) is 11.5 Å². The maximum atomic E-state index is 11.2. The van der Waals surface area contributed by atoms with Gasteiger partial charge in [0, 0.05) is 6.42 Å². The molecule has 0 heterocycles. The first kappa shape index (κ1) is 15.1. The zero-order valence-electron chi connectivity index (χ0n) is 12.5. The molecule has 110 valence electrons. The van der Waals surface area contributed by atoms with Crippen LogP contribution in [-0.4, -0.2) is 12.6 Å². The number of carbonyl (C=O) groups is 1. The van der Waals surface area contributed by atoms with E-state index >= 15 is 0 Å². The average Bonchev–Trinajstić information content (AvgIpc) is 2.51. The predicted octanol–water partition coefficient (Wildman–Crippen LogP) is 3.99. The van der Waals surface area contributed by atoms with Crippen molar-refractivity contribution in [1.82, 2.24) is 0 Å². The zero-order chi connectivity index (χ0) is 15.1. The lowest BCUT2D eigenvalue weighted by Crippen LogP contribution is -2.05. The number of ether oxygens (including phenoxy) is 2. The minimum atomic E-state index is -0.214. The summed E-state index contributed by atoms with van der Waals surface area (Å²) in [6, 6.07) is 15.7. The highest BCUT2D eigenvalue weighted by Gasteiger charge is 2.02. The number of benzene rings is 2. The Hall–Kier alpha value is -2.29. The molecule has 0 bridgehead atoms. The highest BCUT2D eigenvalue weighted by atomic mass is 16.5. The van der Waals surface area contributed by atoms with E-state index in [0.717, 1.165) is 12.2 Å². The lowest BCUT2D eigenvalue weighted by atomic mass is 10.0.